The van der Waals surface area contributed by atoms with Gasteiger partial charge in [-0.25, -0.2) is 0 Å². The van der Waals surface area contributed by atoms with Crippen molar-refractivity contribution in [1.29, 1.82) is 0 Å². The maximum Gasteiger partial charge on any atom is 0.0735 e. The first-order valence-corrected chi connectivity index (χ1v) is 7.99. The summed E-state index contributed by atoms with van der Waals surface area (Å²) in [5, 5.41) is 21.1. The van der Waals surface area contributed by atoms with E-state index in [0.717, 1.165) is 4.90 Å². The van der Waals surface area contributed by atoms with Crippen LogP contribution in [0, 0.1) is 10.8 Å². The first kappa shape index (κ1) is 17.5. The Bertz CT molecular complexity index is 383. The van der Waals surface area contributed by atoms with E-state index in [2.05, 4.69) is 0 Å². The molecule has 0 amide bonds. The maximum atomic E-state index is 10.7. The van der Waals surface area contributed by atoms with E-state index in [0.29, 0.717) is 0 Å². The van der Waals surface area contributed by atoms with Crippen LogP contribution >= 0.6 is 11.8 Å². The standard InChI is InChI=1S/C17H28O2S/c1-16(2,3)14(18)13(15(19)17(4,5)6)20-12-10-8-7-9-11-12/h7-11,13-15,18-19H,1-6H3. The zero-order valence-electron chi connectivity index (χ0n) is 13.4. The van der Waals surface area contributed by atoms with Crippen molar-refractivity contribution in [3.63, 3.8) is 0 Å². The van der Waals surface area contributed by atoms with Crippen LogP contribution in [0.25, 0.3) is 0 Å². The molecule has 1 aromatic carbocycles. The second-order valence-corrected chi connectivity index (χ2v) is 8.77. The smallest absolute Gasteiger partial charge is 0.0735 e. The van der Waals surface area contributed by atoms with Gasteiger partial charge in [-0.2, -0.15) is 0 Å². The van der Waals surface area contributed by atoms with Crippen molar-refractivity contribution >= 4 is 11.8 Å². The molecule has 0 aliphatic heterocycles. The molecular formula is C17H28O2S. The van der Waals surface area contributed by atoms with Gasteiger partial charge < -0.3 is 10.2 Å². The lowest BCUT2D eigenvalue weighted by molar-refractivity contribution is -0.0165. The molecule has 2 nitrogen and oxygen atoms in total. The van der Waals surface area contributed by atoms with Crippen LogP contribution in [0.4, 0.5) is 0 Å². The summed E-state index contributed by atoms with van der Waals surface area (Å²) in [6, 6.07) is 9.96. The van der Waals surface area contributed by atoms with Gasteiger partial charge in [0.15, 0.2) is 0 Å². The summed E-state index contributed by atoms with van der Waals surface area (Å²) in [5.74, 6) is 0. The molecule has 2 N–H and O–H groups in total. The summed E-state index contributed by atoms with van der Waals surface area (Å²) >= 11 is 1.56. The fourth-order valence-corrected chi connectivity index (χ4v) is 3.65. The molecule has 1 aromatic rings. The summed E-state index contributed by atoms with van der Waals surface area (Å²) < 4.78 is 0. The molecule has 0 bridgehead atoms. The van der Waals surface area contributed by atoms with Crippen molar-refractivity contribution in [2.45, 2.75) is 63.9 Å². The minimum absolute atomic E-state index is 0.252. The van der Waals surface area contributed by atoms with E-state index in [4.69, 9.17) is 0 Å². The number of thioether (sulfide) groups is 1. The molecule has 0 aromatic heterocycles. The molecule has 0 saturated heterocycles. The molecule has 0 heterocycles. The summed E-state index contributed by atoms with van der Waals surface area (Å²) in [6.07, 6.45) is -1.16. The van der Waals surface area contributed by atoms with Crippen LogP contribution < -0.4 is 0 Å². The fraction of sp³-hybridized carbons (Fsp3) is 0.647. The van der Waals surface area contributed by atoms with Gasteiger partial charge in [-0.3, -0.25) is 0 Å². The van der Waals surface area contributed by atoms with Crippen LogP contribution in [0.5, 0.6) is 0 Å². The van der Waals surface area contributed by atoms with E-state index >= 15 is 0 Å². The largest absolute Gasteiger partial charge is 0.391 e. The molecule has 114 valence electrons. The topological polar surface area (TPSA) is 40.5 Å². The van der Waals surface area contributed by atoms with Crippen molar-refractivity contribution in [3.8, 4) is 0 Å². The summed E-state index contributed by atoms with van der Waals surface area (Å²) in [5.41, 5.74) is -0.530. The highest BCUT2D eigenvalue weighted by Crippen LogP contribution is 2.39. The normalized spacial score (nSPS) is 17.6. The number of hydrogen-bond acceptors (Lipinski definition) is 3. The average Bonchev–Trinajstić information content (AvgIpc) is 2.33. The molecule has 0 spiro atoms. The molecule has 0 radical (unpaired) electrons. The predicted molar refractivity (Wildman–Crippen MR) is 87.0 cm³/mol. The number of hydrogen-bond donors (Lipinski definition) is 2. The van der Waals surface area contributed by atoms with Crippen LogP contribution in [0.1, 0.15) is 41.5 Å². The van der Waals surface area contributed by atoms with Crippen LogP contribution in [0.15, 0.2) is 35.2 Å². The van der Waals surface area contributed by atoms with Gasteiger partial charge in [-0.1, -0.05) is 59.7 Å². The Hall–Kier alpha value is -0.510. The average molecular weight is 296 g/mol. The van der Waals surface area contributed by atoms with E-state index in [1.54, 1.807) is 11.8 Å². The fourth-order valence-electron chi connectivity index (χ4n) is 1.94. The molecule has 1 rings (SSSR count). The van der Waals surface area contributed by atoms with Crippen molar-refractivity contribution in [2.75, 3.05) is 0 Å². The Morgan fingerprint density at radius 1 is 0.800 bits per heavy atom. The van der Waals surface area contributed by atoms with Crippen LogP contribution in [-0.4, -0.2) is 27.7 Å². The van der Waals surface area contributed by atoms with E-state index in [1.165, 1.54) is 0 Å². The monoisotopic (exact) mass is 296 g/mol. The highest BCUT2D eigenvalue weighted by molar-refractivity contribution is 8.00. The van der Waals surface area contributed by atoms with E-state index in [9.17, 15) is 10.2 Å². The summed E-state index contributed by atoms with van der Waals surface area (Å²) in [6.45, 7) is 12.0. The Morgan fingerprint density at radius 3 is 1.55 bits per heavy atom. The zero-order chi connectivity index (χ0) is 15.6. The maximum absolute atomic E-state index is 10.7. The van der Waals surface area contributed by atoms with Gasteiger partial charge in [0.1, 0.15) is 0 Å². The van der Waals surface area contributed by atoms with Crippen LogP contribution in [0.2, 0.25) is 0 Å². The number of rotatable bonds is 4. The molecule has 0 aliphatic rings. The van der Waals surface area contributed by atoms with Crippen molar-refractivity contribution < 1.29 is 10.2 Å². The lowest BCUT2D eigenvalue weighted by Crippen LogP contribution is -2.47. The van der Waals surface area contributed by atoms with Crippen LogP contribution in [-0.2, 0) is 0 Å². The van der Waals surface area contributed by atoms with Gasteiger partial charge in [-0.05, 0) is 23.0 Å². The first-order chi connectivity index (χ1) is 9.03. The Balaban J connectivity index is 3.02. The number of benzene rings is 1. The van der Waals surface area contributed by atoms with Gasteiger partial charge in [0, 0.05) is 4.90 Å². The minimum Gasteiger partial charge on any atom is -0.391 e. The molecule has 0 aliphatic carbocycles. The van der Waals surface area contributed by atoms with Gasteiger partial charge in [0.2, 0.25) is 0 Å². The third-order valence-corrected chi connectivity index (χ3v) is 4.74. The van der Waals surface area contributed by atoms with E-state index in [-0.39, 0.29) is 16.1 Å². The molecule has 2 unspecified atom stereocenters. The van der Waals surface area contributed by atoms with Gasteiger partial charge in [0.05, 0.1) is 17.5 Å². The Labute approximate surface area is 127 Å². The Morgan fingerprint density at radius 2 is 1.20 bits per heavy atom. The lowest BCUT2D eigenvalue weighted by Gasteiger charge is -2.40. The molecule has 0 saturated carbocycles. The van der Waals surface area contributed by atoms with Crippen molar-refractivity contribution in [1.82, 2.24) is 0 Å². The zero-order valence-corrected chi connectivity index (χ0v) is 14.2. The van der Waals surface area contributed by atoms with Gasteiger partial charge in [-0.15, -0.1) is 11.8 Å². The molecular weight excluding hydrogens is 268 g/mol. The molecule has 20 heavy (non-hydrogen) atoms. The van der Waals surface area contributed by atoms with Gasteiger partial charge >= 0.3 is 0 Å². The second kappa shape index (κ2) is 6.50. The molecule has 0 fully saturated rings. The highest BCUT2D eigenvalue weighted by atomic mass is 32.2. The minimum atomic E-state index is -0.582. The van der Waals surface area contributed by atoms with E-state index < -0.39 is 12.2 Å². The molecule has 3 heteroatoms. The molecule has 2 atom stereocenters. The summed E-state index contributed by atoms with van der Waals surface area (Å²) in [4.78, 5) is 1.07. The SMILES string of the molecule is CC(C)(C)C(O)C(Sc1ccccc1)C(O)C(C)(C)C. The third-order valence-electron chi connectivity index (χ3n) is 3.41. The lowest BCUT2D eigenvalue weighted by atomic mass is 9.79. The van der Waals surface area contributed by atoms with Crippen molar-refractivity contribution in [3.05, 3.63) is 30.3 Å². The summed E-state index contributed by atoms with van der Waals surface area (Å²) in [7, 11) is 0. The predicted octanol–water partition coefficient (Wildman–Crippen LogP) is 3.96. The van der Waals surface area contributed by atoms with Gasteiger partial charge in [0.25, 0.3) is 0 Å². The number of aliphatic hydroxyl groups is 2. The van der Waals surface area contributed by atoms with Crippen LogP contribution in [0.3, 0.4) is 0 Å². The highest BCUT2D eigenvalue weighted by Gasteiger charge is 2.40. The van der Waals surface area contributed by atoms with E-state index in [1.807, 2.05) is 71.9 Å². The van der Waals surface area contributed by atoms with Crippen molar-refractivity contribution in [2.24, 2.45) is 10.8 Å². The Kier molecular flexibility index (Phi) is 5.70. The number of aliphatic hydroxyl groups excluding tert-OH is 2. The third kappa shape index (κ3) is 4.80. The first-order valence-electron chi connectivity index (χ1n) is 7.11. The second-order valence-electron chi connectivity index (χ2n) is 7.52. The quantitative estimate of drug-likeness (QED) is 0.826.